The fourth-order valence-electron chi connectivity index (χ4n) is 2.21. The molecule has 0 saturated heterocycles. The molecule has 1 unspecified atom stereocenters. The highest BCUT2D eigenvalue weighted by atomic mass is 35.5. The van der Waals surface area contributed by atoms with Crippen LogP contribution in [0, 0.1) is 6.92 Å². The predicted molar refractivity (Wildman–Crippen MR) is 76.5 cm³/mol. The summed E-state index contributed by atoms with van der Waals surface area (Å²) in [5, 5.41) is 9.28. The third-order valence-electron chi connectivity index (χ3n) is 3.23. The second kappa shape index (κ2) is 5.92. The lowest BCUT2D eigenvalue weighted by Crippen LogP contribution is -2.06. The van der Waals surface area contributed by atoms with Crippen molar-refractivity contribution in [2.45, 2.75) is 19.3 Å². The van der Waals surface area contributed by atoms with Gasteiger partial charge in [0.15, 0.2) is 0 Å². The number of rotatable bonds is 4. The van der Waals surface area contributed by atoms with Crippen LogP contribution in [0.1, 0.15) is 22.6 Å². The number of alkyl halides is 1. The summed E-state index contributed by atoms with van der Waals surface area (Å²) >= 11 is 6.11. The van der Waals surface area contributed by atoms with E-state index < -0.39 is 0 Å². The molecule has 0 radical (unpaired) electrons. The molecular weight excluding hydrogens is 244 g/mol. The van der Waals surface area contributed by atoms with Crippen molar-refractivity contribution in [2.75, 3.05) is 5.88 Å². The van der Waals surface area contributed by atoms with Crippen LogP contribution in [0.3, 0.4) is 0 Å². The average molecular weight is 261 g/mol. The van der Waals surface area contributed by atoms with Crippen molar-refractivity contribution in [3.63, 3.8) is 0 Å². The lowest BCUT2D eigenvalue weighted by atomic mass is 9.90. The van der Waals surface area contributed by atoms with E-state index in [2.05, 4.69) is 25.1 Å². The number of aromatic hydroxyl groups is 1. The van der Waals surface area contributed by atoms with Gasteiger partial charge in [0.05, 0.1) is 0 Å². The van der Waals surface area contributed by atoms with E-state index in [0.29, 0.717) is 17.5 Å². The van der Waals surface area contributed by atoms with Crippen molar-refractivity contribution < 1.29 is 5.11 Å². The van der Waals surface area contributed by atoms with Gasteiger partial charge in [-0.1, -0.05) is 36.4 Å². The Balaban J connectivity index is 2.20. The molecule has 2 rings (SSSR count). The normalized spacial score (nSPS) is 12.3. The van der Waals surface area contributed by atoms with E-state index >= 15 is 0 Å². The molecule has 2 aromatic rings. The molecule has 0 spiro atoms. The first-order valence-corrected chi connectivity index (χ1v) is 6.63. The topological polar surface area (TPSA) is 20.2 Å². The Bertz CT molecular complexity index is 505. The first-order valence-electron chi connectivity index (χ1n) is 6.10. The maximum absolute atomic E-state index is 9.28. The number of hydrogen-bond donors (Lipinski definition) is 1. The van der Waals surface area contributed by atoms with Crippen molar-refractivity contribution in [1.29, 1.82) is 0 Å². The number of phenolic OH excluding ortho intramolecular Hbond substituents is 1. The second-order valence-electron chi connectivity index (χ2n) is 4.58. The highest BCUT2D eigenvalue weighted by Crippen LogP contribution is 2.25. The zero-order valence-electron chi connectivity index (χ0n) is 10.4. The standard InChI is InChI=1S/C16H17ClO/c1-12-4-2-3-5-16(12)14(11-17)10-13-6-8-15(18)9-7-13/h2-9,14,18H,10-11H2,1H3. The zero-order chi connectivity index (χ0) is 13.0. The van der Waals surface area contributed by atoms with Crippen molar-refractivity contribution in [1.82, 2.24) is 0 Å². The van der Waals surface area contributed by atoms with E-state index in [1.54, 1.807) is 12.1 Å². The van der Waals surface area contributed by atoms with Gasteiger partial charge in [-0.15, -0.1) is 11.6 Å². The summed E-state index contributed by atoms with van der Waals surface area (Å²) in [5.74, 6) is 1.22. The monoisotopic (exact) mass is 260 g/mol. The van der Waals surface area contributed by atoms with Gasteiger partial charge in [0.1, 0.15) is 5.75 Å². The quantitative estimate of drug-likeness (QED) is 0.814. The van der Waals surface area contributed by atoms with E-state index in [0.717, 1.165) is 6.42 Å². The van der Waals surface area contributed by atoms with Crippen molar-refractivity contribution in [3.8, 4) is 5.75 Å². The lowest BCUT2D eigenvalue weighted by molar-refractivity contribution is 0.475. The van der Waals surface area contributed by atoms with Gasteiger partial charge in [-0.3, -0.25) is 0 Å². The Morgan fingerprint density at radius 3 is 2.33 bits per heavy atom. The Kier molecular flexibility index (Phi) is 4.27. The van der Waals surface area contributed by atoms with Gasteiger partial charge < -0.3 is 5.11 Å². The van der Waals surface area contributed by atoms with E-state index in [9.17, 15) is 5.11 Å². The molecule has 2 aromatic carbocycles. The summed E-state index contributed by atoms with van der Waals surface area (Å²) in [7, 11) is 0. The summed E-state index contributed by atoms with van der Waals surface area (Å²) in [6.07, 6.45) is 0.897. The van der Waals surface area contributed by atoms with E-state index in [-0.39, 0.29) is 0 Å². The van der Waals surface area contributed by atoms with Gasteiger partial charge >= 0.3 is 0 Å². The first-order chi connectivity index (χ1) is 8.70. The molecule has 1 N–H and O–H groups in total. The Labute approximate surface area is 113 Å². The summed E-state index contributed by atoms with van der Waals surface area (Å²) in [4.78, 5) is 0. The van der Waals surface area contributed by atoms with Gasteiger partial charge in [0.25, 0.3) is 0 Å². The van der Waals surface area contributed by atoms with E-state index in [4.69, 9.17) is 11.6 Å². The molecule has 2 heteroatoms. The number of hydrogen-bond acceptors (Lipinski definition) is 1. The highest BCUT2D eigenvalue weighted by Gasteiger charge is 2.13. The van der Waals surface area contributed by atoms with Crippen LogP contribution in [0.15, 0.2) is 48.5 Å². The minimum Gasteiger partial charge on any atom is -0.508 e. The number of halogens is 1. The maximum Gasteiger partial charge on any atom is 0.115 e. The molecule has 0 aromatic heterocycles. The molecule has 0 aliphatic carbocycles. The van der Waals surface area contributed by atoms with Gasteiger partial charge in [-0.25, -0.2) is 0 Å². The van der Waals surface area contributed by atoms with Crippen molar-refractivity contribution in [3.05, 3.63) is 65.2 Å². The molecule has 1 nitrogen and oxygen atoms in total. The van der Waals surface area contributed by atoms with Crippen LogP contribution in [0.2, 0.25) is 0 Å². The number of benzene rings is 2. The zero-order valence-corrected chi connectivity index (χ0v) is 11.2. The molecule has 0 heterocycles. The SMILES string of the molecule is Cc1ccccc1C(CCl)Cc1ccc(O)cc1. The molecule has 0 aliphatic heterocycles. The molecular formula is C16H17ClO. The largest absolute Gasteiger partial charge is 0.508 e. The smallest absolute Gasteiger partial charge is 0.115 e. The van der Waals surface area contributed by atoms with Gasteiger partial charge in [-0.05, 0) is 42.2 Å². The number of phenols is 1. The van der Waals surface area contributed by atoms with Crippen molar-refractivity contribution >= 4 is 11.6 Å². The first kappa shape index (κ1) is 13.0. The fourth-order valence-corrected chi connectivity index (χ4v) is 2.48. The van der Waals surface area contributed by atoms with Gasteiger partial charge in [0, 0.05) is 11.8 Å². The average Bonchev–Trinajstić information content (AvgIpc) is 2.39. The molecule has 1 atom stereocenters. The summed E-state index contributed by atoms with van der Waals surface area (Å²) < 4.78 is 0. The van der Waals surface area contributed by atoms with Crippen LogP contribution < -0.4 is 0 Å². The molecule has 0 aliphatic rings. The Morgan fingerprint density at radius 1 is 1.06 bits per heavy atom. The summed E-state index contributed by atoms with van der Waals surface area (Å²) in [5.41, 5.74) is 3.78. The van der Waals surface area contributed by atoms with Crippen LogP contribution in [0.5, 0.6) is 5.75 Å². The molecule has 0 bridgehead atoms. The minimum absolute atomic E-state index is 0.303. The maximum atomic E-state index is 9.28. The minimum atomic E-state index is 0.303. The lowest BCUT2D eigenvalue weighted by Gasteiger charge is -2.17. The van der Waals surface area contributed by atoms with E-state index in [1.807, 2.05) is 18.2 Å². The summed E-state index contributed by atoms with van der Waals surface area (Å²) in [6.45, 7) is 2.12. The third-order valence-corrected chi connectivity index (χ3v) is 3.61. The van der Waals surface area contributed by atoms with Crippen LogP contribution in [0.25, 0.3) is 0 Å². The molecule has 0 amide bonds. The summed E-state index contributed by atoms with van der Waals surface area (Å²) in [6, 6.07) is 15.7. The van der Waals surface area contributed by atoms with Gasteiger partial charge in [0.2, 0.25) is 0 Å². The predicted octanol–water partition coefficient (Wildman–Crippen LogP) is 4.27. The Hall–Kier alpha value is -1.47. The van der Waals surface area contributed by atoms with Crippen molar-refractivity contribution in [2.24, 2.45) is 0 Å². The molecule has 18 heavy (non-hydrogen) atoms. The van der Waals surface area contributed by atoms with Crippen LogP contribution in [0.4, 0.5) is 0 Å². The fraction of sp³-hybridized carbons (Fsp3) is 0.250. The molecule has 94 valence electrons. The molecule has 0 fully saturated rings. The number of aryl methyl sites for hydroxylation is 1. The second-order valence-corrected chi connectivity index (χ2v) is 4.89. The third kappa shape index (κ3) is 3.05. The molecule has 0 saturated carbocycles. The Morgan fingerprint density at radius 2 is 1.72 bits per heavy atom. The van der Waals surface area contributed by atoms with Gasteiger partial charge in [-0.2, -0.15) is 0 Å². The van der Waals surface area contributed by atoms with Crippen LogP contribution in [-0.2, 0) is 6.42 Å². The van der Waals surface area contributed by atoms with E-state index in [1.165, 1.54) is 16.7 Å². The van der Waals surface area contributed by atoms with Crippen LogP contribution in [-0.4, -0.2) is 11.0 Å². The highest BCUT2D eigenvalue weighted by molar-refractivity contribution is 6.18. The van der Waals surface area contributed by atoms with Crippen LogP contribution >= 0.6 is 11.6 Å².